The molecule has 2 atom stereocenters. The molecule has 17 heavy (non-hydrogen) atoms. The Kier molecular flexibility index (Phi) is 4.87. The van der Waals surface area contributed by atoms with Gasteiger partial charge in [-0.05, 0) is 63.6 Å². The van der Waals surface area contributed by atoms with Crippen molar-refractivity contribution in [3.05, 3.63) is 0 Å². The highest BCUT2D eigenvalue weighted by Gasteiger charge is 2.30. The first-order valence-corrected chi connectivity index (χ1v) is 7.66. The number of hydrogen-bond acceptors (Lipinski definition) is 2. The SMILES string of the molecule is CCNC1CCN(C2CC(C)CC(C)C2)CC1. The molecule has 2 heteroatoms. The Morgan fingerprint density at radius 2 is 1.59 bits per heavy atom. The maximum atomic E-state index is 3.60. The third kappa shape index (κ3) is 3.69. The van der Waals surface area contributed by atoms with Crippen LogP contribution in [0.4, 0.5) is 0 Å². The van der Waals surface area contributed by atoms with E-state index in [1.165, 1.54) is 45.2 Å². The quantitative estimate of drug-likeness (QED) is 0.813. The van der Waals surface area contributed by atoms with Gasteiger partial charge in [-0.3, -0.25) is 0 Å². The van der Waals surface area contributed by atoms with E-state index in [-0.39, 0.29) is 0 Å². The molecule has 2 fully saturated rings. The number of hydrogen-bond donors (Lipinski definition) is 1. The number of likely N-dealkylation sites (tertiary alicyclic amines) is 1. The molecule has 0 bridgehead atoms. The van der Waals surface area contributed by atoms with Crippen LogP contribution in [-0.2, 0) is 0 Å². The maximum absolute atomic E-state index is 3.60. The average Bonchev–Trinajstić information content (AvgIpc) is 2.29. The molecule has 0 aromatic rings. The molecule has 1 saturated heterocycles. The van der Waals surface area contributed by atoms with Crippen LogP contribution in [0.2, 0.25) is 0 Å². The molecule has 0 aromatic heterocycles. The van der Waals surface area contributed by atoms with E-state index in [2.05, 4.69) is 31.0 Å². The van der Waals surface area contributed by atoms with Gasteiger partial charge in [-0.15, -0.1) is 0 Å². The molecule has 2 rings (SSSR count). The standard InChI is InChI=1S/C15H30N2/c1-4-16-14-5-7-17(8-6-14)15-10-12(2)9-13(3)11-15/h12-16H,4-11H2,1-3H3. The van der Waals surface area contributed by atoms with Crippen molar-refractivity contribution in [3.63, 3.8) is 0 Å². The van der Waals surface area contributed by atoms with Crippen molar-refractivity contribution in [1.29, 1.82) is 0 Å². The van der Waals surface area contributed by atoms with E-state index in [1.54, 1.807) is 0 Å². The predicted octanol–water partition coefficient (Wildman–Crippen LogP) is 2.89. The maximum Gasteiger partial charge on any atom is 0.0100 e. The lowest BCUT2D eigenvalue weighted by molar-refractivity contribution is 0.0823. The molecule has 0 aromatic carbocycles. The number of piperidine rings is 1. The van der Waals surface area contributed by atoms with Gasteiger partial charge in [0.1, 0.15) is 0 Å². The minimum atomic E-state index is 0.787. The molecule has 1 aliphatic heterocycles. The normalized spacial score (nSPS) is 37.2. The van der Waals surface area contributed by atoms with Gasteiger partial charge in [-0.1, -0.05) is 20.8 Å². The van der Waals surface area contributed by atoms with Crippen molar-refractivity contribution in [1.82, 2.24) is 10.2 Å². The Balaban J connectivity index is 1.79. The lowest BCUT2D eigenvalue weighted by Crippen LogP contribution is -2.48. The third-order valence-electron chi connectivity index (χ3n) is 4.69. The van der Waals surface area contributed by atoms with Gasteiger partial charge in [-0.25, -0.2) is 0 Å². The van der Waals surface area contributed by atoms with Crippen molar-refractivity contribution < 1.29 is 0 Å². The van der Waals surface area contributed by atoms with E-state index in [9.17, 15) is 0 Å². The second kappa shape index (κ2) is 6.19. The average molecular weight is 238 g/mol. The molecule has 0 radical (unpaired) electrons. The van der Waals surface area contributed by atoms with Crippen molar-refractivity contribution >= 4 is 0 Å². The largest absolute Gasteiger partial charge is 0.314 e. The van der Waals surface area contributed by atoms with Crippen LogP contribution < -0.4 is 5.32 Å². The predicted molar refractivity (Wildman–Crippen MR) is 74.2 cm³/mol. The topological polar surface area (TPSA) is 15.3 Å². The smallest absolute Gasteiger partial charge is 0.0100 e. The summed E-state index contributed by atoms with van der Waals surface area (Å²) in [7, 11) is 0. The first-order chi connectivity index (χ1) is 8.19. The third-order valence-corrected chi connectivity index (χ3v) is 4.69. The first kappa shape index (κ1) is 13.4. The van der Waals surface area contributed by atoms with E-state index in [4.69, 9.17) is 0 Å². The van der Waals surface area contributed by atoms with Crippen LogP contribution in [0.1, 0.15) is 52.9 Å². The highest BCUT2D eigenvalue weighted by Crippen LogP contribution is 2.32. The molecule has 2 nitrogen and oxygen atoms in total. The van der Waals surface area contributed by atoms with Crippen LogP contribution >= 0.6 is 0 Å². The Morgan fingerprint density at radius 1 is 1.00 bits per heavy atom. The van der Waals surface area contributed by atoms with Crippen LogP contribution in [0.3, 0.4) is 0 Å². The van der Waals surface area contributed by atoms with E-state index in [1.807, 2.05) is 0 Å². The van der Waals surface area contributed by atoms with E-state index < -0.39 is 0 Å². The van der Waals surface area contributed by atoms with Gasteiger partial charge >= 0.3 is 0 Å². The fraction of sp³-hybridized carbons (Fsp3) is 1.00. The lowest BCUT2D eigenvalue weighted by Gasteiger charge is -2.42. The zero-order chi connectivity index (χ0) is 12.3. The van der Waals surface area contributed by atoms with Gasteiger partial charge in [0.2, 0.25) is 0 Å². The molecular weight excluding hydrogens is 208 g/mol. The molecule has 1 aliphatic carbocycles. The minimum absolute atomic E-state index is 0.787. The highest BCUT2D eigenvalue weighted by atomic mass is 15.2. The molecule has 2 aliphatic rings. The summed E-state index contributed by atoms with van der Waals surface area (Å²) in [4.78, 5) is 2.78. The molecule has 1 saturated carbocycles. The van der Waals surface area contributed by atoms with Crippen molar-refractivity contribution in [2.75, 3.05) is 19.6 Å². The number of nitrogens with zero attached hydrogens (tertiary/aromatic N) is 1. The molecular formula is C15H30N2. The second-order valence-electron chi connectivity index (χ2n) is 6.44. The molecule has 2 unspecified atom stereocenters. The Labute approximate surface area is 107 Å². The summed E-state index contributed by atoms with van der Waals surface area (Å²) in [6.07, 6.45) is 7.04. The lowest BCUT2D eigenvalue weighted by atomic mass is 9.79. The minimum Gasteiger partial charge on any atom is -0.314 e. The van der Waals surface area contributed by atoms with Crippen molar-refractivity contribution in [2.45, 2.75) is 65.0 Å². The fourth-order valence-corrected chi connectivity index (χ4v) is 3.96. The van der Waals surface area contributed by atoms with Gasteiger partial charge in [0.05, 0.1) is 0 Å². The van der Waals surface area contributed by atoms with Crippen LogP contribution in [-0.4, -0.2) is 36.6 Å². The van der Waals surface area contributed by atoms with Gasteiger partial charge in [0, 0.05) is 12.1 Å². The molecule has 0 spiro atoms. The van der Waals surface area contributed by atoms with E-state index in [0.29, 0.717) is 0 Å². The first-order valence-electron chi connectivity index (χ1n) is 7.66. The van der Waals surface area contributed by atoms with Gasteiger partial charge in [0.15, 0.2) is 0 Å². The van der Waals surface area contributed by atoms with Crippen LogP contribution in [0, 0.1) is 11.8 Å². The summed E-state index contributed by atoms with van der Waals surface area (Å²) in [5.74, 6) is 1.88. The van der Waals surface area contributed by atoms with Gasteiger partial charge in [-0.2, -0.15) is 0 Å². The summed E-state index contributed by atoms with van der Waals surface area (Å²) in [6.45, 7) is 10.9. The summed E-state index contributed by atoms with van der Waals surface area (Å²) >= 11 is 0. The van der Waals surface area contributed by atoms with Crippen LogP contribution in [0.25, 0.3) is 0 Å². The molecule has 100 valence electrons. The molecule has 1 heterocycles. The highest BCUT2D eigenvalue weighted by molar-refractivity contribution is 4.86. The van der Waals surface area contributed by atoms with Crippen LogP contribution in [0.5, 0.6) is 0 Å². The Hall–Kier alpha value is -0.0800. The van der Waals surface area contributed by atoms with Crippen LogP contribution in [0.15, 0.2) is 0 Å². The van der Waals surface area contributed by atoms with E-state index >= 15 is 0 Å². The van der Waals surface area contributed by atoms with Crippen molar-refractivity contribution in [3.8, 4) is 0 Å². The van der Waals surface area contributed by atoms with Crippen molar-refractivity contribution in [2.24, 2.45) is 11.8 Å². The molecule has 0 amide bonds. The Bertz CT molecular complexity index is 211. The molecule has 1 N–H and O–H groups in total. The summed E-state index contributed by atoms with van der Waals surface area (Å²) in [6, 6.07) is 1.67. The fourth-order valence-electron chi connectivity index (χ4n) is 3.96. The Morgan fingerprint density at radius 3 is 2.12 bits per heavy atom. The monoisotopic (exact) mass is 238 g/mol. The number of rotatable bonds is 3. The zero-order valence-electron chi connectivity index (χ0n) is 11.9. The second-order valence-corrected chi connectivity index (χ2v) is 6.44. The summed E-state index contributed by atoms with van der Waals surface area (Å²) in [5.41, 5.74) is 0. The summed E-state index contributed by atoms with van der Waals surface area (Å²) < 4.78 is 0. The number of nitrogens with one attached hydrogen (secondary N) is 1. The summed E-state index contributed by atoms with van der Waals surface area (Å²) in [5, 5.41) is 3.60. The zero-order valence-corrected chi connectivity index (χ0v) is 11.9. The van der Waals surface area contributed by atoms with Gasteiger partial charge < -0.3 is 10.2 Å². The van der Waals surface area contributed by atoms with E-state index in [0.717, 1.165) is 30.5 Å². The van der Waals surface area contributed by atoms with Gasteiger partial charge in [0.25, 0.3) is 0 Å².